The van der Waals surface area contributed by atoms with Crippen LogP contribution in [0.15, 0.2) is 40.3 Å². The first-order valence-corrected chi connectivity index (χ1v) is 10.5. The van der Waals surface area contributed by atoms with Gasteiger partial charge in [0, 0.05) is 38.2 Å². The summed E-state index contributed by atoms with van der Waals surface area (Å²) in [5.41, 5.74) is 1.77. The smallest absolute Gasteiger partial charge is 0.251 e. The van der Waals surface area contributed by atoms with Crippen molar-refractivity contribution in [2.24, 2.45) is 0 Å². The number of hydrogen-bond donors (Lipinski definition) is 1. The van der Waals surface area contributed by atoms with E-state index < -0.39 is 0 Å². The number of aromatic amines is 1. The van der Waals surface area contributed by atoms with Crippen LogP contribution < -0.4 is 15.2 Å². The highest BCUT2D eigenvalue weighted by Gasteiger charge is 2.26. The van der Waals surface area contributed by atoms with Crippen molar-refractivity contribution in [3.8, 4) is 5.75 Å². The molecule has 1 aromatic carbocycles. The van der Waals surface area contributed by atoms with Gasteiger partial charge in [-0.05, 0) is 25.0 Å². The quantitative estimate of drug-likeness (QED) is 0.591. The number of nitrogens with one attached hydrogen (secondary N) is 1. The number of methoxy groups -OCH3 is 1. The molecule has 7 nitrogen and oxygen atoms in total. The first-order valence-electron chi connectivity index (χ1n) is 9.54. The van der Waals surface area contributed by atoms with Crippen molar-refractivity contribution in [2.75, 3.05) is 43.9 Å². The third-order valence-corrected chi connectivity index (χ3v) is 5.98. The lowest BCUT2D eigenvalue weighted by molar-refractivity contribution is -0.128. The average Bonchev–Trinajstić information content (AvgIpc) is 3.57. The molecule has 2 heterocycles. The molecule has 4 rings (SSSR count). The average molecular weight is 401 g/mol. The van der Waals surface area contributed by atoms with Gasteiger partial charge in [-0.2, -0.15) is 0 Å². The number of aromatic nitrogens is 2. The molecular weight excluding hydrogens is 376 g/mol. The third kappa shape index (κ3) is 4.32. The van der Waals surface area contributed by atoms with E-state index in [9.17, 15) is 9.59 Å². The zero-order valence-corrected chi connectivity index (χ0v) is 16.7. The van der Waals surface area contributed by atoms with Crippen LogP contribution in [0.2, 0.25) is 0 Å². The van der Waals surface area contributed by atoms with Crippen molar-refractivity contribution in [3.63, 3.8) is 0 Å². The lowest BCUT2D eigenvalue weighted by atomic mass is 10.2. The van der Waals surface area contributed by atoms with E-state index in [-0.39, 0.29) is 17.2 Å². The summed E-state index contributed by atoms with van der Waals surface area (Å²) in [5.74, 6) is 1.62. The number of anilines is 1. The van der Waals surface area contributed by atoms with Gasteiger partial charge in [-0.15, -0.1) is 0 Å². The zero-order chi connectivity index (χ0) is 19.5. The fourth-order valence-corrected chi connectivity index (χ4v) is 4.20. The van der Waals surface area contributed by atoms with E-state index in [4.69, 9.17) is 4.74 Å². The van der Waals surface area contributed by atoms with Gasteiger partial charge in [-0.25, -0.2) is 4.98 Å². The fourth-order valence-electron chi connectivity index (χ4n) is 3.42. The van der Waals surface area contributed by atoms with Crippen LogP contribution in [-0.4, -0.2) is 59.8 Å². The number of carbonyl (C=O) groups excluding carboxylic acids is 1. The normalized spacial score (nSPS) is 16.9. The summed E-state index contributed by atoms with van der Waals surface area (Å²) in [7, 11) is 1.67. The van der Waals surface area contributed by atoms with E-state index in [0.29, 0.717) is 24.2 Å². The maximum absolute atomic E-state index is 12.6. The van der Waals surface area contributed by atoms with Crippen LogP contribution in [0.3, 0.4) is 0 Å². The molecule has 0 spiro atoms. The number of ether oxygens (including phenoxy) is 1. The molecule has 0 radical (unpaired) electrons. The molecule has 2 aromatic rings. The van der Waals surface area contributed by atoms with Crippen LogP contribution in [-0.2, 0) is 4.79 Å². The fraction of sp³-hybridized carbons (Fsp3) is 0.450. The Morgan fingerprint density at radius 3 is 2.71 bits per heavy atom. The highest BCUT2D eigenvalue weighted by molar-refractivity contribution is 7.99. The Bertz CT molecular complexity index is 904. The Hall–Kier alpha value is -2.48. The number of piperazine rings is 1. The van der Waals surface area contributed by atoms with Crippen molar-refractivity contribution in [3.05, 3.63) is 46.4 Å². The summed E-state index contributed by atoms with van der Waals surface area (Å²) in [4.78, 5) is 35.7. The molecule has 8 heteroatoms. The van der Waals surface area contributed by atoms with E-state index in [0.717, 1.165) is 43.1 Å². The van der Waals surface area contributed by atoms with Crippen molar-refractivity contribution >= 4 is 23.4 Å². The molecule has 0 unspecified atom stereocenters. The van der Waals surface area contributed by atoms with Gasteiger partial charge in [0.15, 0.2) is 5.16 Å². The monoisotopic (exact) mass is 400 g/mol. The van der Waals surface area contributed by atoms with Gasteiger partial charge < -0.3 is 19.5 Å². The molecule has 0 atom stereocenters. The highest BCUT2D eigenvalue weighted by atomic mass is 32.2. The molecule has 2 fully saturated rings. The summed E-state index contributed by atoms with van der Waals surface area (Å²) >= 11 is 1.31. The molecule has 1 aliphatic carbocycles. The predicted molar refractivity (Wildman–Crippen MR) is 109 cm³/mol. The van der Waals surface area contributed by atoms with Gasteiger partial charge in [0.05, 0.1) is 24.2 Å². The Balaban J connectivity index is 1.31. The van der Waals surface area contributed by atoms with E-state index in [2.05, 4.69) is 14.9 Å². The number of H-pyrrole nitrogens is 1. The molecule has 0 bridgehead atoms. The maximum atomic E-state index is 12.6. The second-order valence-electron chi connectivity index (χ2n) is 7.08. The summed E-state index contributed by atoms with van der Waals surface area (Å²) in [5, 5.41) is 0.537. The summed E-state index contributed by atoms with van der Waals surface area (Å²) < 4.78 is 5.44. The molecule has 1 amide bonds. The van der Waals surface area contributed by atoms with E-state index >= 15 is 0 Å². The number of rotatable bonds is 6. The number of hydrogen-bond acceptors (Lipinski definition) is 6. The minimum atomic E-state index is -0.141. The molecule has 1 aliphatic heterocycles. The van der Waals surface area contributed by atoms with Crippen molar-refractivity contribution in [2.45, 2.75) is 23.9 Å². The third-order valence-electron chi connectivity index (χ3n) is 5.13. The second-order valence-corrected chi connectivity index (χ2v) is 8.04. The van der Waals surface area contributed by atoms with E-state index in [1.807, 2.05) is 29.2 Å². The zero-order valence-electron chi connectivity index (χ0n) is 15.9. The lowest BCUT2D eigenvalue weighted by Gasteiger charge is -2.36. The molecule has 1 aromatic heterocycles. The number of para-hydroxylation sites is 2. The Morgan fingerprint density at radius 2 is 2.00 bits per heavy atom. The second kappa shape index (κ2) is 8.26. The number of thioether (sulfide) groups is 1. The summed E-state index contributed by atoms with van der Waals surface area (Å²) in [6.07, 6.45) is 2.19. The van der Waals surface area contributed by atoms with Gasteiger partial charge in [0.1, 0.15) is 5.75 Å². The first-order chi connectivity index (χ1) is 13.6. The van der Waals surface area contributed by atoms with Crippen LogP contribution in [0.5, 0.6) is 5.75 Å². The van der Waals surface area contributed by atoms with Crippen LogP contribution in [0.4, 0.5) is 5.69 Å². The Morgan fingerprint density at radius 1 is 1.25 bits per heavy atom. The number of nitrogens with zero attached hydrogens (tertiary/aromatic N) is 3. The topological polar surface area (TPSA) is 78.5 Å². The SMILES string of the molecule is COc1ccccc1N1CCN(C(=O)CSc2nc(C3CC3)cc(=O)[nH]2)CC1. The van der Waals surface area contributed by atoms with Crippen LogP contribution in [0, 0.1) is 0 Å². The summed E-state index contributed by atoms with van der Waals surface area (Å²) in [6, 6.07) is 9.51. The largest absolute Gasteiger partial charge is 0.495 e. The molecule has 148 valence electrons. The number of amides is 1. The highest BCUT2D eigenvalue weighted by Crippen LogP contribution is 2.38. The Kier molecular flexibility index (Phi) is 5.57. The van der Waals surface area contributed by atoms with E-state index in [1.165, 1.54) is 11.8 Å². The maximum Gasteiger partial charge on any atom is 0.251 e. The van der Waals surface area contributed by atoms with Crippen LogP contribution in [0.1, 0.15) is 24.5 Å². The molecule has 2 aliphatic rings. The first kappa shape index (κ1) is 18.9. The number of benzene rings is 1. The standard InChI is InChI=1S/C20H24N4O3S/c1-27-17-5-3-2-4-16(17)23-8-10-24(11-9-23)19(26)13-28-20-21-15(14-6-7-14)12-18(25)22-20/h2-5,12,14H,6-11,13H2,1H3,(H,21,22,25). The molecular formula is C20H24N4O3S. The Labute approximate surface area is 168 Å². The molecule has 1 N–H and O–H groups in total. The van der Waals surface area contributed by atoms with Gasteiger partial charge >= 0.3 is 0 Å². The van der Waals surface area contributed by atoms with Gasteiger partial charge in [-0.1, -0.05) is 23.9 Å². The summed E-state index contributed by atoms with van der Waals surface area (Å²) in [6.45, 7) is 2.87. The predicted octanol–water partition coefficient (Wildman–Crippen LogP) is 2.10. The molecule has 1 saturated carbocycles. The van der Waals surface area contributed by atoms with E-state index in [1.54, 1.807) is 13.2 Å². The number of carbonyl (C=O) groups is 1. The van der Waals surface area contributed by atoms with Crippen LogP contribution >= 0.6 is 11.8 Å². The van der Waals surface area contributed by atoms with Gasteiger partial charge in [0.2, 0.25) is 5.91 Å². The van der Waals surface area contributed by atoms with Crippen molar-refractivity contribution in [1.82, 2.24) is 14.9 Å². The molecule has 28 heavy (non-hydrogen) atoms. The van der Waals surface area contributed by atoms with Gasteiger partial charge in [0.25, 0.3) is 5.56 Å². The lowest BCUT2D eigenvalue weighted by Crippen LogP contribution is -2.49. The molecule has 1 saturated heterocycles. The van der Waals surface area contributed by atoms with Crippen molar-refractivity contribution < 1.29 is 9.53 Å². The minimum Gasteiger partial charge on any atom is -0.495 e. The van der Waals surface area contributed by atoms with Gasteiger partial charge in [-0.3, -0.25) is 9.59 Å². The van der Waals surface area contributed by atoms with Crippen LogP contribution in [0.25, 0.3) is 0 Å². The van der Waals surface area contributed by atoms with Crippen molar-refractivity contribution in [1.29, 1.82) is 0 Å². The minimum absolute atomic E-state index is 0.0733.